The second-order valence-electron chi connectivity index (χ2n) is 3.24. The minimum Gasteiger partial charge on any atom is -0.368 e. The van der Waals surface area contributed by atoms with E-state index in [0.29, 0.717) is 12.4 Å². The fraction of sp³-hybridized carbons (Fsp3) is 0.400. The second-order valence-corrected chi connectivity index (χ2v) is 3.24. The molecule has 17 heavy (non-hydrogen) atoms. The van der Waals surface area contributed by atoms with Crippen LogP contribution < -0.4 is 10.6 Å². The Hall–Kier alpha value is -2.20. The number of nitriles is 1. The molecule has 0 amide bonds. The molecule has 0 atom stereocenters. The topological polar surface area (TPSA) is 104 Å². The van der Waals surface area contributed by atoms with Crippen molar-refractivity contribution in [1.29, 1.82) is 5.26 Å². The quantitative estimate of drug-likeness (QED) is 0.431. The third-order valence-corrected chi connectivity index (χ3v) is 2.05. The van der Waals surface area contributed by atoms with Crippen LogP contribution in [0.4, 0.5) is 11.5 Å². The van der Waals surface area contributed by atoms with E-state index in [2.05, 4.69) is 15.6 Å². The maximum atomic E-state index is 10.5. The van der Waals surface area contributed by atoms with Crippen molar-refractivity contribution >= 4 is 11.5 Å². The smallest absolute Gasteiger partial charge is 0.289 e. The molecular weight excluding hydrogens is 222 g/mol. The first kappa shape index (κ1) is 12.9. The van der Waals surface area contributed by atoms with Gasteiger partial charge in [-0.25, -0.2) is 4.98 Å². The number of nitrogens with zero attached hydrogens (tertiary/aromatic N) is 3. The van der Waals surface area contributed by atoms with Crippen LogP contribution in [-0.2, 0) is 0 Å². The summed E-state index contributed by atoms with van der Waals surface area (Å²) in [5.74, 6) is 0.371. The lowest BCUT2D eigenvalue weighted by molar-refractivity contribution is -0.385. The Balaban J connectivity index is 2.73. The zero-order valence-electron chi connectivity index (χ0n) is 9.43. The van der Waals surface area contributed by atoms with Gasteiger partial charge in [0.05, 0.1) is 4.92 Å². The van der Waals surface area contributed by atoms with Gasteiger partial charge >= 0.3 is 0 Å². The average molecular weight is 235 g/mol. The normalized spacial score (nSPS) is 9.65. The van der Waals surface area contributed by atoms with Gasteiger partial charge in [0.15, 0.2) is 0 Å². The molecule has 1 aromatic rings. The number of hydrogen-bond donors (Lipinski definition) is 2. The Kier molecular flexibility index (Phi) is 4.84. The lowest BCUT2D eigenvalue weighted by atomic mass is 10.2. The van der Waals surface area contributed by atoms with E-state index in [0.717, 1.165) is 19.3 Å². The van der Waals surface area contributed by atoms with Crippen LogP contribution in [-0.4, -0.2) is 29.5 Å². The summed E-state index contributed by atoms with van der Waals surface area (Å²) in [6.07, 6.45) is 1.14. The highest BCUT2D eigenvalue weighted by atomic mass is 16.6. The summed E-state index contributed by atoms with van der Waals surface area (Å²) < 4.78 is 0. The minimum absolute atomic E-state index is 0.177. The summed E-state index contributed by atoms with van der Waals surface area (Å²) >= 11 is 0. The molecule has 1 aromatic heterocycles. The first-order valence-corrected chi connectivity index (χ1v) is 5.18. The zero-order chi connectivity index (χ0) is 12.7. The monoisotopic (exact) mass is 235 g/mol. The van der Waals surface area contributed by atoms with Crippen LogP contribution in [0, 0.1) is 21.4 Å². The van der Waals surface area contributed by atoms with Gasteiger partial charge in [-0.2, -0.15) is 5.26 Å². The number of nitro groups is 1. The van der Waals surface area contributed by atoms with Crippen molar-refractivity contribution in [3.63, 3.8) is 0 Å². The molecule has 1 heterocycles. The highest BCUT2D eigenvalue weighted by Crippen LogP contribution is 2.17. The average Bonchev–Trinajstić information content (AvgIpc) is 2.34. The maximum Gasteiger partial charge on any atom is 0.289 e. The van der Waals surface area contributed by atoms with Crippen LogP contribution in [0.25, 0.3) is 0 Å². The van der Waals surface area contributed by atoms with E-state index in [1.807, 2.05) is 13.0 Å². The van der Waals surface area contributed by atoms with E-state index in [1.165, 1.54) is 6.07 Å². The van der Waals surface area contributed by atoms with Gasteiger partial charge in [-0.1, -0.05) is 6.92 Å². The fourth-order valence-corrected chi connectivity index (χ4v) is 1.23. The first-order valence-electron chi connectivity index (χ1n) is 5.18. The molecule has 7 heteroatoms. The Bertz CT molecular complexity index is 441. The number of nitrogens with one attached hydrogen (secondary N) is 2. The highest BCUT2D eigenvalue weighted by molar-refractivity contribution is 5.55. The van der Waals surface area contributed by atoms with Crippen LogP contribution in [0.3, 0.4) is 0 Å². The summed E-state index contributed by atoms with van der Waals surface area (Å²) in [4.78, 5) is 13.8. The SMILES string of the molecule is CCNCCNc1ncc([N+](=O)[O-])cc1C#N. The molecule has 0 spiro atoms. The first-order chi connectivity index (χ1) is 8.19. The summed E-state index contributed by atoms with van der Waals surface area (Å²) in [6, 6.07) is 3.09. The molecule has 0 unspecified atom stereocenters. The third kappa shape index (κ3) is 3.70. The van der Waals surface area contributed by atoms with Gasteiger partial charge < -0.3 is 10.6 Å². The zero-order valence-corrected chi connectivity index (χ0v) is 9.43. The van der Waals surface area contributed by atoms with Crippen LogP contribution >= 0.6 is 0 Å². The minimum atomic E-state index is -0.573. The maximum absolute atomic E-state index is 10.5. The van der Waals surface area contributed by atoms with E-state index in [4.69, 9.17) is 5.26 Å². The van der Waals surface area contributed by atoms with Crippen molar-refractivity contribution in [1.82, 2.24) is 10.3 Å². The van der Waals surface area contributed by atoms with E-state index < -0.39 is 4.92 Å². The van der Waals surface area contributed by atoms with Crippen LogP contribution in [0.1, 0.15) is 12.5 Å². The van der Waals surface area contributed by atoms with Gasteiger partial charge in [0.2, 0.25) is 0 Å². The fourth-order valence-electron chi connectivity index (χ4n) is 1.23. The van der Waals surface area contributed by atoms with Gasteiger partial charge in [0.25, 0.3) is 5.69 Å². The van der Waals surface area contributed by atoms with Crippen molar-refractivity contribution in [2.75, 3.05) is 25.0 Å². The van der Waals surface area contributed by atoms with Gasteiger partial charge in [0, 0.05) is 19.2 Å². The Morgan fingerprint density at radius 1 is 1.59 bits per heavy atom. The van der Waals surface area contributed by atoms with E-state index >= 15 is 0 Å². The molecule has 0 saturated heterocycles. The Labute approximate surface area is 98.6 Å². The van der Waals surface area contributed by atoms with Crippen molar-refractivity contribution in [3.05, 3.63) is 27.9 Å². The summed E-state index contributed by atoms with van der Waals surface area (Å²) in [5, 5.41) is 25.4. The number of likely N-dealkylation sites (N-methyl/N-ethyl adjacent to an activating group) is 1. The summed E-state index contributed by atoms with van der Waals surface area (Å²) in [5.41, 5.74) is -0.00511. The Morgan fingerprint density at radius 3 is 2.94 bits per heavy atom. The van der Waals surface area contributed by atoms with E-state index in [1.54, 1.807) is 0 Å². The standard InChI is InChI=1S/C10H13N5O2/c1-2-12-3-4-13-10-8(6-11)5-9(7-14-10)15(16)17/h5,7,12H,2-4H2,1H3,(H,13,14). The van der Waals surface area contributed by atoms with Crippen LogP contribution in [0.5, 0.6) is 0 Å². The molecule has 0 aliphatic rings. The number of pyridine rings is 1. The van der Waals surface area contributed by atoms with Crippen LogP contribution in [0.15, 0.2) is 12.3 Å². The molecule has 0 aromatic carbocycles. The van der Waals surface area contributed by atoms with Gasteiger partial charge in [-0.15, -0.1) is 0 Å². The molecule has 0 fully saturated rings. The summed E-state index contributed by atoms with van der Waals surface area (Å²) in [6.45, 7) is 4.19. The predicted molar refractivity (Wildman–Crippen MR) is 62.6 cm³/mol. The lowest BCUT2D eigenvalue weighted by Crippen LogP contribution is -2.22. The molecule has 90 valence electrons. The number of anilines is 1. The number of aromatic nitrogens is 1. The second kappa shape index (κ2) is 6.40. The molecule has 0 saturated carbocycles. The molecular formula is C10H13N5O2. The van der Waals surface area contributed by atoms with Gasteiger partial charge in [-0.3, -0.25) is 10.1 Å². The molecule has 0 radical (unpaired) electrons. The molecule has 0 aliphatic carbocycles. The van der Waals surface area contributed by atoms with Crippen LogP contribution in [0.2, 0.25) is 0 Å². The lowest BCUT2D eigenvalue weighted by Gasteiger charge is -2.06. The van der Waals surface area contributed by atoms with Gasteiger partial charge in [0.1, 0.15) is 23.6 Å². The van der Waals surface area contributed by atoms with Gasteiger partial charge in [-0.05, 0) is 6.54 Å². The van der Waals surface area contributed by atoms with Crippen molar-refractivity contribution in [2.45, 2.75) is 6.92 Å². The number of hydrogen-bond acceptors (Lipinski definition) is 6. The largest absolute Gasteiger partial charge is 0.368 e. The molecule has 1 rings (SSSR count). The molecule has 0 bridgehead atoms. The van der Waals surface area contributed by atoms with E-state index in [-0.39, 0.29) is 11.3 Å². The third-order valence-electron chi connectivity index (χ3n) is 2.05. The molecule has 2 N–H and O–H groups in total. The highest BCUT2D eigenvalue weighted by Gasteiger charge is 2.11. The Morgan fingerprint density at radius 2 is 2.35 bits per heavy atom. The van der Waals surface area contributed by atoms with Crippen molar-refractivity contribution < 1.29 is 4.92 Å². The predicted octanol–water partition coefficient (Wildman–Crippen LogP) is 0.883. The van der Waals surface area contributed by atoms with E-state index in [9.17, 15) is 10.1 Å². The molecule has 0 aliphatic heterocycles. The number of rotatable bonds is 6. The van der Waals surface area contributed by atoms with Crippen molar-refractivity contribution in [2.24, 2.45) is 0 Å². The summed E-state index contributed by atoms with van der Waals surface area (Å²) in [7, 11) is 0. The molecule has 7 nitrogen and oxygen atoms in total. The van der Waals surface area contributed by atoms with Crippen molar-refractivity contribution in [3.8, 4) is 6.07 Å².